The van der Waals surface area contributed by atoms with Gasteiger partial charge in [0.2, 0.25) is 0 Å². The Morgan fingerprint density at radius 3 is 1.62 bits per heavy atom. The second-order valence-corrected chi connectivity index (χ2v) is 10.7. The van der Waals surface area contributed by atoms with Crippen LogP contribution in [0, 0.1) is 0 Å². The first-order valence-electron chi connectivity index (χ1n) is 14.4. The summed E-state index contributed by atoms with van der Waals surface area (Å²) < 4.78 is 0. The first-order chi connectivity index (χ1) is 19.7. The highest BCUT2D eigenvalue weighted by atomic mass is 14.2. The fraction of sp³-hybridized carbons (Fsp3) is 0.100. The van der Waals surface area contributed by atoms with Gasteiger partial charge in [-0.05, 0) is 95.7 Å². The summed E-state index contributed by atoms with van der Waals surface area (Å²) >= 11 is 0. The van der Waals surface area contributed by atoms with Crippen molar-refractivity contribution < 1.29 is 0 Å². The van der Waals surface area contributed by atoms with E-state index < -0.39 is 0 Å². The van der Waals surface area contributed by atoms with Crippen LogP contribution in [0.25, 0.3) is 65.7 Å². The fourth-order valence-electron chi connectivity index (χ4n) is 6.25. The van der Waals surface area contributed by atoms with Crippen LogP contribution in [-0.2, 0) is 12.8 Å². The molecule has 0 fully saturated rings. The van der Waals surface area contributed by atoms with E-state index in [2.05, 4.69) is 147 Å². The number of benzene rings is 7. The summed E-state index contributed by atoms with van der Waals surface area (Å²) in [6.45, 7) is 4.44. The summed E-state index contributed by atoms with van der Waals surface area (Å²) in [5.74, 6) is 0. The maximum absolute atomic E-state index is 2.41. The highest BCUT2D eigenvalue weighted by Gasteiger charge is 2.20. The SMILES string of the molecule is CCc1ccc(-c2c(-c3cccc4c3ccc3ccccc34)cc3ccccc3c2-c2ccc(CC)cc2)cc1. The highest BCUT2D eigenvalue weighted by molar-refractivity contribution is 6.16. The normalized spacial score (nSPS) is 11.4. The Morgan fingerprint density at radius 2 is 0.950 bits per heavy atom. The lowest BCUT2D eigenvalue weighted by atomic mass is 9.82. The Morgan fingerprint density at radius 1 is 0.375 bits per heavy atom. The molecular formula is C40H32. The minimum Gasteiger partial charge on any atom is -0.0616 e. The molecule has 0 saturated carbocycles. The van der Waals surface area contributed by atoms with E-state index in [4.69, 9.17) is 0 Å². The van der Waals surface area contributed by atoms with Gasteiger partial charge in [-0.1, -0.05) is 141 Å². The van der Waals surface area contributed by atoms with Crippen LogP contribution in [-0.4, -0.2) is 0 Å². The van der Waals surface area contributed by atoms with Gasteiger partial charge in [-0.15, -0.1) is 0 Å². The number of rotatable bonds is 5. The summed E-state index contributed by atoms with van der Waals surface area (Å²) in [6, 6.07) is 49.7. The lowest BCUT2D eigenvalue weighted by Crippen LogP contribution is -1.95. The zero-order valence-corrected chi connectivity index (χ0v) is 23.1. The molecule has 0 aliphatic heterocycles. The third kappa shape index (κ3) is 4.08. The Balaban J connectivity index is 1.62. The quantitative estimate of drug-likeness (QED) is 0.201. The van der Waals surface area contributed by atoms with Crippen molar-refractivity contribution in [2.75, 3.05) is 0 Å². The van der Waals surface area contributed by atoms with Gasteiger partial charge in [-0.25, -0.2) is 0 Å². The van der Waals surface area contributed by atoms with E-state index in [9.17, 15) is 0 Å². The van der Waals surface area contributed by atoms with Crippen molar-refractivity contribution in [2.45, 2.75) is 26.7 Å². The van der Waals surface area contributed by atoms with Crippen molar-refractivity contribution in [3.05, 3.63) is 145 Å². The van der Waals surface area contributed by atoms with Crippen LogP contribution in [0.2, 0.25) is 0 Å². The molecule has 0 amide bonds. The monoisotopic (exact) mass is 512 g/mol. The molecule has 0 spiro atoms. The highest BCUT2D eigenvalue weighted by Crippen LogP contribution is 2.46. The summed E-state index contributed by atoms with van der Waals surface area (Å²) in [7, 11) is 0. The molecule has 0 heteroatoms. The molecule has 40 heavy (non-hydrogen) atoms. The minimum atomic E-state index is 1.03. The predicted octanol–water partition coefficient (Wildman–Crippen LogP) is 11.3. The van der Waals surface area contributed by atoms with E-state index in [1.54, 1.807) is 0 Å². The molecule has 0 aliphatic carbocycles. The van der Waals surface area contributed by atoms with Crippen LogP contribution in [0.15, 0.2) is 133 Å². The van der Waals surface area contributed by atoms with Gasteiger partial charge >= 0.3 is 0 Å². The molecule has 0 aromatic heterocycles. The predicted molar refractivity (Wildman–Crippen MR) is 174 cm³/mol. The largest absolute Gasteiger partial charge is 0.0616 e. The third-order valence-electron chi connectivity index (χ3n) is 8.43. The van der Waals surface area contributed by atoms with Gasteiger partial charge in [0.15, 0.2) is 0 Å². The van der Waals surface area contributed by atoms with Crippen molar-refractivity contribution in [1.29, 1.82) is 0 Å². The van der Waals surface area contributed by atoms with Crippen LogP contribution in [0.1, 0.15) is 25.0 Å². The molecule has 0 atom stereocenters. The summed E-state index contributed by atoms with van der Waals surface area (Å²) in [4.78, 5) is 0. The fourth-order valence-corrected chi connectivity index (χ4v) is 6.25. The molecule has 7 aromatic rings. The van der Waals surface area contributed by atoms with Crippen LogP contribution in [0.3, 0.4) is 0 Å². The van der Waals surface area contributed by atoms with Crippen LogP contribution >= 0.6 is 0 Å². The van der Waals surface area contributed by atoms with E-state index in [-0.39, 0.29) is 0 Å². The van der Waals surface area contributed by atoms with E-state index in [1.807, 2.05) is 0 Å². The minimum absolute atomic E-state index is 1.03. The molecule has 192 valence electrons. The second kappa shape index (κ2) is 10.1. The summed E-state index contributed by atoms with van der Waals surface area (Å²) in [5, 5.41) is 7.71. The van der Waals surface area contributed by atoms with Crippen LogP contribution in [0.5, 0.6) is 0 Å². The number of hydrogen-bond donors (Lipinski definition) is 0. The molecule has 0 nitrogen and oxygen atoms in total. The first-order valence-corrected chi connectivity index (χ1v) is 14.4. The average molecular weight is 513 g/mol. The maximum Gasteiger partial charge on any atom is -0.00201 e. The topological polar surface area (TPSA) is 0 Å². The molecule has 0 aliphatic rings. The van der Waals surface area contributed by atoms with Gasteiger partial charge in [0.25, 0.3) is 0 Å². The maximum atomic E-state index is 2.41. The standard InChI is InChI=1S/C40H32/c1-3-27-16-20-30(21-17-27)39-34-13-8-6-11-32(34)26-38(40(39)31-22-18-28(4-2)19-23-31)36-15-9-14-35-33-12-7-5-10-29(33)24-25-37(35)36/h5-26H,3-4H2,1-2H3. The lowest BCUT2D eigenvalue weighted by molar-refractivity contribution is 1.14. The number of aryl methyl sites for hydroxylation is 2. The van der Waals surface area contributed by atoms with E-state index in [0.29, 0.717) is 0 Å². The summed E-state index contributed by atoms with van der Waals surface area (Å²) in [6.07, 6.45) is 2.07. The van der Waals surface area contributed by atoms with Gasteiger partial charge < -0.3 is 0 Å². The van der Waals surface area contributed by atoms with Gasteiger partial charge in [0, 0.05) is 0 Å². The van der Waals surface area contributed by atoms with Gasteiger partial charge in [0.05, 0.1) is 0 Å². The third-order valence-corrected chi connectivity index (χ3v) is 8.43. The molecular weight excluding hydrogens is 480 g/mol. The Hall–Kier alpha value is -4.68. The van der Waals surface area contributed by atoms with Crippen molar-refractivity contribution in [3.8, 4) is 33.4 Å². The first kappa shape index (κ1) is 24.4. The van der Waals surface area contributed by atoms with Crippen molar-refractivity contribution in [1.82, 2.24) is 0 Å². The molecule has 0 N–H and O–H groups in total. The molecule has 0 bridgehead atoms. The van der Waals surface area contributed by atoms with Gasteiger partial charge in [0.1, 0.15) is 0 Å². The molecule has 7 aromatic carbocycles. The van der Waals surface area contributed by atoms with Gasteiger partial charge in [-0.2, -0.15) is 0 Å². The Kier molecular flexibility index (Phi) is 6.17. The zero-order chi connectivity index (χ0) is 27.1. The molecule has 0 radical (unpaired) electrons. The average Bonchev–Trinajstić information content (AvgIpc) is 3.03. The number of fused-ring (bicyclic) bond motifs is 4. The van der Waals surface area contributed by atoms with E-state index in [0.717, 1.165) is 12.8 Å². The van der Waals surface area contributed by atoms with Crippen molar-refractivity contribution >= 4 is 32.3 Å². The van der Waals surface area contributed by atoms with Crippen molar-refractivity contribution in [2.24, 2.45) is 0 Å². The molecule has 0 heterocycles. The van der Waals surface area contributed by atoms with Gasteiger partial charge in [-0.3, -0.25) is 0 Å². The smallest absolute Gasteiger partial charge is 0.00201 e. The molecule has 7 rings (SSSR count). The summed E-state index contributed by atoms with van der Waals surface area (Å²) in [5.41, 5.74) is 10.4. The molecule has 0 saturated heterocycles. The van der Waals surface area contributed by atoms with E-state index >= 15 is 0 Å². The lowest BCUT2D eigenvalue weighted by Gasteiger charge is -2.21. The van der Waals surface area contributed by atoms with E-state index in [1.165, 1.54) is 76.8 Å². The molecule has 0 unspecified atom stereocenters. The Bertz CT molecular complexity index is 1990. The second-order valence-electron chi connectivity index (χ2n) is 10.7. The van der Waals surface area contributed by atoms with Crippen LogP contribution in [0.4, 0.5) is 0 Å². The van der Waals surface area contributed by atoms with Crippen molar-refractivity contribution in [3.63, 3.8) is 0 Å². The number of hydrogen-bond acceptors (Lipinski definition) is 0. The van der Waals surface area contributed by atoms with Crippen LogP contribution < -0.4 is 0 Å². The Labute approximate surface area is 236 Å². The zero-order valence-electron chi connectivity index (χ0n) is 23.1.